The molecular weight excluding hydrogens is 359 g/mol. The van der Waals surface area contributed by atoms with E-state index in [-0.39, 0.29) is 23.2 Å². The van der Waals surface area contributed by atoms with Crippen LogP contribution in [0.2, 0.25) is 0 Å². The van der Waals surface area contributed by atoms with Crippen LogP contribution in [0.5, 0.6) is 5.75 Å². The van der Waals surface area contributed by atoms with Gasteiger partial charge in [0.2, 0.25) is 0 Å². The lowest BCUT2D eigenvalue weighted by Crippen LogP contribution is -2.52. The van der Waals surface area contributed by atoms with Crippen molar-refractivity contribution in [2.24, 2.45) is 4.99 Å². The van der Waals surface area contributed by atoms with E-state index in [0.717, 1.165) is 45.0 Å². The minimum Gasteiger partial charge on any atom is -0.486 e. The molecule has 1 atom stereocenters. The maximum absolute atomic E-state index is 13.9. The molecule has 1 unspecified atom stereocenters. The molecule has 1 heterocycles. The Hall–Kier alpha value is -1.86. The molecule has 6 nitrogen and oxygen atoms in total. The molecule has 158 valence electrons. The summed E-state index contributed by atoms with van der Waals surface area (Å²) in [5, 5.41) is 6.64. The third-order valence-electron chi connectivity index (χ3n) is 5.33. The van der Waals surface area contributed by atoms with Crippen molar-refractivity contribution in [2.45, 2.75) is 44.8 Å². The van der Waals surface area contributed by atoms with Gasteiger partial charge in [-0.1, -0.05) is 19.1 Å². The van der Waals surface area contributed by atoms with Gasteiger partial charge in [0.25, 0.3) is 0 Å². The number of rotatable bonds is 9. The lowest BCUT2D eigenvalue weighted by Gasteiger charge is -2.41. The van der Waals surface area contributed by atoms with E-state index in [1.807, 2.05) is 13.8 Å². The molecule has 28 heavy (non-hydrogen) atoms. The second kappa shape index (κ2) is 11.2. The van der Waals surface area contributed by atoms with Crippen LogP contribution in [0.4, 0.5) is 4.39 Å². The Kier molecular flexibility index (Phi) is 8.99. The van der Waals surface area contributed by atoms with Gasteiger partial charge in [-0.2, -0.15) is 0 Å². The van der Waals surface area contributed by atoms with E-state index >= 15 is 0 Å². The molecule has 1 aromatic rings. The second-order valence-corrected chi connectivity index (χ2v) is 7.39. The zero-order valence-electron chi connectivity index (χ0n) is 17.6. The number of hydrogen-bond acceptors (Lipinski definition) is 4. The van der Waals surface area contributed by atoms with Crippen LogP contribution in [-0.2, 0) is 4.74 Å². The van der Waals surface area contributed by atoms with Gasteiger partial charge in [-0.15, -0.1) is 0 Å². The first-order valence-electron chi connectivity index (χ1n) is 10.2. The fourth-order valence-corrected chi connectivity index (χ4v) is 3.27. The van der Waals surface area contributed by atoms with E-state index in [4.69, 9.17) is 14.5 Å². The number of para-hydroxylation sites is 1. The Morgan fingerprint density at radius 3 is 2.57 bits per heavy atom. The van der Waals surface area contributed by atoms with Gasteiger partial charge in [-0.25, -0.2) is 4.39 Å². The Labute approximate surface area is 168 Å². The van der Waals surface area contributed by atoms with Gasteiger partial charge < -0.3 is 25.0 Å². The molecule has 2 rings (SSSR count). The van der Waals surface area contributed by atoms with Gasteiger partial charge in [-0.05, 0) is 52.4 Å². The predicted molar refractivity (Wildman–Crippen MR) is 112 cm³/mol. The van der Waals surface area contributed by atoms with Crippen LogP contribution in [-0.4, -0.2) is 69.4 Å². The van der Waals surface area contributed by atoms with Crippen molar-refractivity contribution in [3.8, 4) is 5.75 Å². The first-order valence-corrected chi connectivity index (χ1v) is 10.2. The molecule has 0 bridgehead atoms. The molecule has 0 radical (unpaired) electrons. The minimum absolute atomic E-state index is 0.0222. The Balaban J connectivity index is 1.98. The number of halogens is 1. The highest BCUT2D eigenvalue weighted by atomic mass is 19.1. The van der Waals surface area contributed by atoms with Gasteiger partial charge in [0, 0.05) is 25.3 Å². The van der Waals surface area contributed by atoms with Crippen LogP contribution in [0.25, 0.3) is 0 Å². The molecule has 1 aliphatic rings. The van der Waals surface area contributed by atoms with Crippen LogP contribution in [0.15, 0.2) is 29.3 Å². The highest BCUT2D eigenvalue weighted by Crippen LogP contribution is 2.26. The number of likely N-dealkylation sites (N-methyl/N-ethyl adjacent to an activating group) is 1. The van der Waals surface area contributed by atoms with Crippen LogP contribution in [0, 0.1) is 5.82 Å². The quantitative estimate of drug-likeness (QED) is 0.498. The highest BCUT2D eigenvalue weighted by molar-refractivity contribution is 5.79. The standard InChI is InChI=1S/C21H35FN4O2/c1-5-17(28-19-10-8-7-9-18(19)22)15-24-20(23-6-2)25-16-21(26(3)4)11-13-27-14-12-21/h7-10,17H,5-6,11-16H2,1-4H3,(H2,23,24,25). The summed E-state index contributed by atoms with van der Waals surface area (Å²) in [6.07, 6.45) is 2.56. The van der Waals surface area contributed by atoms with E-state index in [2.05, 4.69) is 29.6 Å². The Morgan fingerprint density at radius 2 is 1.96 bits per heavy atom. The second-order valence-electron chi connectivity index (χ2n) is 7.39. The SMILES string of the molecule is CCNC(=NCC1(N(C)C)CCOCC1)NCC(CC)Oc1ccccc1F. The zero-order chi connectivity index (χ0) is 20.4. The lowest BCUT2D eigenvalue weighted by atomic mass is 9.89. The molecule has 0 aromatic heterocycles. The van der Waals surface area contributed by atoms with Gasteiger partial charge >= 0.3 is 0 Å². The van der Waals surface area contributed by atoms with E-state index in [9.17, 15) is 4.39 Å². The van der Waals surface area contributed by atoms with Crippen molar-refractivity contribution >= 4 is 5.96 Å². The van der Waals surface area contributed by atoms with Gasteiger partial charge in [0.05, 0.1) is 13.1 Å². The van der Waals surface area contributed by atoms with Crippen molar-refractivity contribution in [3.05, 3.63) is 30.1 Å². The molecule has 1 saturated heterocycles. The average molecular weight is 395 g/mol. The number of guanidine groups is 1. The number of ether oxygens (including phenoxy) is 2. The predicted octanol–water partition coefficient (Wildman–Crippen LogP) is 2.65. The summed E-state index contributed by atoms with van der Waals surface area (Å²) in [5.41, 5.74) is 0.0222. The van der Waals surface area contributed by atoms with Crippen LogP contribution in [0.3, 0.4) is 0 Å². The van der Waals surface area contributed by atoms with E-state index in [0.29, 0.717) is 13.1 Å². The minimum atomic E-state index is -0.339. The van der Waals surface area contributed by atoms with Crippen molar-refractivity contribution in [2.75, 3.05) is 46.9 Å². The van der Waals surface area contributed by atoms with Gasteiger partial charge in [0.1, 0.15) is 6.10 Å². The summed E-state index contributed by atoms with van der Waals surface area (Å²) in [4.78, 5) is 7.09. The van der Waals surface area contributed by atoms with Crippen molar-refractivity contribution in [3.63, 3.8) is 0 Å². The molecule has 1 aliphatic heterocycles. The number of hydrogen-bond donors (Lipinski definition) is 2. The topological polar surface area (TPSA) is 58.1 Å². The molecule has 0 aliphatic carbocycles. The summed E-state index contributed by atoms with van der Waals surface area (Å²) in [6, 6.07) is 6.51. The molecular formula is C21H35FN4O2. The first kappa shape index (κ1) is 22.4. The fraction of sp³-hybridized carbons (Fsp3) is 0.667. The molecule has 0 amide bonds. The maximum atomic E-state index is 13.9. The van der Waals surface area contributed by atoms with Crippen LogP contribution < -0.4 is 15.4 Å². The lowest BCUT2D eigenvalue weighted by molar-refractivity contribution is -0.00255. The summed E-state index contributed by atoms with van der Waals surface area (Å²) in [7, 11) is 4.22. The summed E-state index contributed by atoms with van der Waals surface area (Å²) < 4.78 is 25.2. The first-order chi connectivity index (χ1) is 13.5. The van der Waals surface area contributed by atoms with Crippen LogP contribution >= 0.6 is 0 Å². The average Bonchev–Trinajstić information content (AvgIpc) is 2.71. The van der Waals surface area contributed by atoms with Crippen molar-refractivity contribution < 1.29 is 13.9 Å². The number of nitrogens with zero attached hydrogens (tertiary/aromatic N) is 2. The van der Waals surface area contributed by atoms with E-state index in [1.165, 1.54) is 6.07 Å². The van der Waals surface area contributed by atoms with Crippen molar-refractivity contribution in [1.82, 2.24) is 15.5 Å². The smallest absolute Gasteiger partial charge is 0.191 e. The third-order valence-corrected chi connectivity index (χ3v) is 5.33. The van der Waals surface area contributed by atoms with Crippen LogP contribution in [0.1, 0.15) is 33.1 Å². The van der Waals surface area contributed by atoms with E-state index < -0.39 is 0 Å². The molecule has 2 N–H and O–H groups in total. The molecule has 0 saturated carbocycles. The molecule has 0 spiro atoms. The molecule has 1 fully saturated rings. The van der Waals surface area contributed by atoms with Gasteiger partial charge in [-0.3, -0.25) is 4.99 Å². The Morgan fingerprint density at radius 1 is 1.25 bits per heavy atom. The Bertz CT molecular complexity index is 618. The van der Waals surface area contributed by atoms with E-state index in [1.54, 1.807) is 18.2 Å². The monoisotopic (exact) mass is 394 g/mol. The summed E-state index contributed by atoms with van der Waals surface area (Å²) in [6.45, 7) is 7.63. The number of nitrogens with one attached hydrogen (secondary N) is 2. The number of benzene rings is 1. The summed E-state index contributed by atoms with van der Waals surface area (Å²) >= 11 is 0. The van der Waals surface area contributed by atoms with Crippen molar-refractivity contribution in [1.29, 1.82) is 0 Å². The number of aliphatic imine (C=N–C) groups is 1. The molecule has 1 aromatic carbocycles. The zero-order valence-corrected chi connectivity index (χ0v) is 17.6. The highest BCUT2D eigenvalue weighted by Gasteiger charge is 2.34. The van der Waals surface area contributed by atoms with Gasteiger partial charge in [0.15, 0.2) is 17.5 Å². The molecule has 7 heteroatoms. The fourth-order valence-electron chi connectivity index (χ4n) is 3.27. The third kappa shape index (κ3) is 6.34. The summed E-state index contributed by atoms with van der Waals surface area (Å²) in [5.74, 6) is 0.701. The maximum Gasteiger partial charge on any atom is 0.191 e. The largest absolute Gasteiger partial charge is 0.486 e. The normalized spacial score (nSPS) is 18.0.